The molecule has 4 heteroatoms. The summed E-state index contributed by atoms with van der Waals surface area (Å²) >= 11 is 5.24. The average Bonchev–Trinajstić information content (AvgIpc) is 2.49. The van der Waals surface area contributed by atoms with Crippen molar-refractivity contribution in [1.29, 1.82) is 0 Å². The van der Waals surface area contributed by atoms with E-state index in [1.807, 2.05) is 48.5 Å². The normalized spacial score (nSPS) is 10.1. The Morgan fingerprint density at radius 3 is 1.40 bits per heavy atom. The molecule has 0 fully saturated rings. The van der Waals surface area contributed by atoms with Gasteiger partial charge in [-0.3, -0.25) is 0 Å². The van der Waals surface area contributed by atoms with Crippen molar-refractivity contribution < 1.29 is 9.05 Å². The lowest BCUT2D eigenvalue weighted by molar-refractivity contribution is 0.512. The van der Waals surface area contributed by atoms with Crippen LogP contribution in [-0.4, -0.2) is 0 Å². The quantitative estimate of drug-likeness (QED) is 0.696. The second kappa shape index (κ2) is 7.37. The Bertz CT molecular complexity index is 513. The molecule has 0 aliphatic rings. The molecule has 2 rings (SSSR count). The van der Waals surface area contributed by atoms with Crippen molar-refractivity contribution in [2.24, 2.45) is 0 Å². The largest absolute Gasteiger partial charge is 0.626 e. The van der Waals surface area contributed by atoms with Crippen LogP contribution in [-0.2, 0) is 24.6 Å². The maximum Gasteiger partial charge on any atom is 0.626 e. The van der Waals surface area contributed by atoms with Gasteiger partial charge in [0.1, 0.15) is 0 Å². The van der Waals surface area contributed by atoms with E-state index >= 15 is 0 Å². The summed E-state index contributed by atoms with van der Waals surface area (Å²) in [5, 5.41) is 0. The number of aryl methyl sites for hydroxylation is 2. The molecule has 0 saturated carbocycles. The van der Waals surface area contributed by atoms with E-state index in [1.165, 1.54) is 11.1 Å². The minimum Gasteiger partial charge on any atom is -0.243 e. The van der Waals surface area contributed by atoms with E-state index < -0.39 is 7.15 Å². The number of hydrogen-bond acceptors (Lipinski definition) is 3. The molecule has 0 amide bonds. The zero-order valence-corrected chi connectivity index (χ0v) is 13.4. The molecular formula is C16H18O2PS+. The smallest absolute Gasteiger partial charge is 0.243 e. The van der Waals surface area contributed by atoms with Gasteiger partial charge in [-0.25, -0.2) is 9.05 Å². The minimum atomic E-state index is -1.38. The first-order valence-electron chi connectivity index (χ1n) is 6.72. The highest BCUT2D eigenvalue weighted by molar-refractivity contribution is 8.01. The average molecular weight is 305 g/mol. The van der Waals surface area contributed by atoms with Gasteiger partial charge in [0.15, 0.2) is 11.5 Å². The Labute approximate surface area is 126 Å². The van der Waals surface area contributed by atoms with Crippen molar-refractivity contribution in [3.63, 3.8) is 0 Å². The second-order valence-electron chi connectivity index (χ2n) is 4.40. The Morgan fingerprint density at radius 1 is 0.750 bits per heavy atom. The van der Waals surface area contributed by atoms with Crippen molar-refractivity contribution in [2.75, 3.05) is 0 Å². The summed E-state index contributed by atoms with van der Waals surface area (Å²) in [5.74, 6) is 1.52. The minimum absolute atomic E-state index is 0.758. The molecule has 0 atom stereocenters. The lowest BCUT2D eigenvalue weighted by atomic mass is 10.2. The summed E-state index contributed by atoms with van der Waals surface area (Å²) in [6.07, 6.45) is 2.03. The summed E-state index contributed by atoms with van der Waals surface area (Å²) in [6.45, 7) is 4.25. The van der Waals surface area contributed by atoms with Crippen LogP contribution >= 0.6 is 7.15 Å². The van der Waals surface area contributed by atoms with Crippen molar-refractivity contribution >= 4 is 19.0 Å². The Morgan fingerprint density at radius 2 is 1.10 bits per heavy atom. The van der Waals surface area contributed by atoms with Crippen molar-refractivity contribution in [1.82, 2.24) is 0 Å². The fourth-order valence-corrected chi connectivity index (χ4v) is 2.90. The van der Waals surface area contributed by atoms with Crippen LogP contribution in [0.5, 0.6) is 11.5 Å². The van der Waals surface area contributed by atoms with Crippen LogP contribution in [0.1, 0.15) is 25.0 Å². The molecule has 0 bridgehead atoms. The monoisotopic (exact) mass is 305 g/mol. The topological polar surface area (TPSA) is 18.5 Å². The lowest BCUT2D eigenvalue weighted by Crippen LogP contribution is -1.89. The van der Waals surface area contributed by atoms with Crippen LogP contribution in [0.3, 0.4) is 0 Å². The van der Waals surface area contributed by atoms with E-state index in [2.05, 4.69) is 13.8 Å². The highest BCUT2D eigenvalue weighted by atomic mass is 32.4. The highest BCUT2D eigenvalue weighted by Gasteiger charge is 2.17. The fourth-order valence-electron chi connectivity index (χ4n) is 1.76. The molecule has 2 nitrogen and oxygen atoms in total. The van der Waals surface area contributed by atoms with E-state index in [0.29, 0.717) is 0 Å². The summed E-state index contributed by atoms with van der Waals surface area (Å²) in [7, 11) is -1.38. The maximum atomic E-state index is 5.63. The van der Waals surface area contributed by atoms with Gasteiger partial charge in [-0.1, -0.05) is 38.1 Å². The molecule has 2 aromatic carbocycles. The van der Waals surface area contributed by atoms with Crippen molar-refractivity contribution in [3.8, 4) is 11.5 Å². The van der Waals surface area contributed by atoms with E-state index in [1.54, 1.807) is 0 Å². The predicted octanol–water partition coefficient (Wildman–Crippen LogP) is 5.04. The standard InChI is InChI=1S/C16H18O2PS/c1-3-13-5-9-15(10-6-13)17-19(20)18-16-11-7-14(4-2)8-12-16/h5-12H,3-4H2,1-2H3/q+1. The molecule has 0 aromatic heterocycles. The maximum absolute atomic E-state index is 5.63. The number of benzene rings is 2. The molecule has 0 aliphatic carbocycles. The van der Waals surface area contributed by atoms with Gasteiger partial charge in [0.25, 0.3) is 11.8 Å². The van der Waals surface area contributed by atoms with Crippen molar-refractivity contribution in [3.05, 3.63) is 59.7 Å². The van der Waals surface area contributed by atoms with Crippen LogP contribution in [0.15, 0.2) is 48.5 Å². The van der Waals surface area contributed by atoms with E-state index in [4.69, 9.17) is 20.9 Å². The summed E-state index contributed by atoms with van der Waals surface area (Å²) in [5.41, 5.74) is 2.56. The van der Waals surface area contributed by atoms with Crippen LogP contribution in [0.25, 0.3) is 0 Å². The van der Waals surface area contributed by atoms with Crippen LogP contribution in [0.2, 0.25) is 0 Å². The lowest BCUT2D eigenvalue weighted by Gasteiger charge is -1.99. The van der Waals surface area contributed by atoms with E-state index in [-0.39, 0.29) is 0 Å². The summed E-state index contributed by atoms with van der Waals surface area (Å²) in [6, 6.07) is 15.9. The van der Waals surface area contributed by atoms with Crippen LogP contribution < -0.4 is 9.05 Å². The molecule has 0 heterocycles. The molecule has 0 radical (unpaired) electrons. The zero-order valence-electron chi connectivity index (χ0n) is 11.7. The Kier molecular flexibility index (Phi) is 5.51. The summed E-state index contributed by atoms with van der Waals surface area (Å²) in [4.78, 5) is 0. The molecule has 0 saturated heterocycles. The Balaban J connectivity index is 1.93. The SMILES string of the molecule is CCc1ccc(O[P+](=S)Oc2ccc(CC)cc2)cc1. The van der Waals surface area contributed by atoms with E-state index in [9.17, 15) is 0 Å². The molecule has 0 aliphatic heterocycles. The molecule has 20 heavy (non-hydrogen) atoms. The first-order valence-corrected chi connectivity index (χ1v) is 8.91. The molecule has 0 N–H and O–H groups in total. The third-order valence-corrected chi connectivity index (χ3v) is 4.19. The molecule has 2 aromatic rings. The van der Waals surface area contributed by atoms with Gasteiger partial charge in [0, 0.05) is 0 Å². The Hall–Kier alpha value is -1.44. The molecule has 104 valence electrons. The summed E-state index contributed by atoms with van der Waals surface area (Å²) < 4.78 is 11.3. The van der Waals surface area contributed by atoms with Crippen LogP contribution in [0.4, 0.5) is 0 Å². The fraction of sp³-hybridized carbons (Fsp3) is 0.250. The van der Waals surface area contributed by atoms with Crippen molar-refractivity contribution in [2.45, 2.75) is 26.7 Å². The van der Waals surface area contributed by atoms with Gasteiger partial charge in [-0.15, -0.1) is 0 Å². The number of hydrogen-bond donors (Lipinski definition) is 0. The number of rotatable bonds is 6. The van der Waals surface area contributed by atoms with Gasteiger partial charge in [0.05, 0.1) is 0 Å². The molecular weight excluding hydrogens is 287 g/mol. The zero-order chi connectivity index (χ0) is 14.4. The van der Waals surface area contributed by atoms with Gasteiger partial charge in [-0.05, 0) is 48.2 Å². The van der Waals surface area contributed by atoms with Gasteiger partial charge < -0.3 is 0 Å². The highest BCUT2D eigenvalue weighted by Crippen LogP contribution is 2.31. The predicted molar refractivity (Wildman–Crippen MR) is 87.2 cm³/mol. The third kappa shape index (κ3) is 4.29. The second-order valence-corrected chi connectivity index (χ2v) is 6.11. The molecule has 0 unspecified atom stereocenters. The first-order chi connectivity index (χ1) is 9.71. The van der Waals surface area contributed by atoms with Gasteiger partial charge in [-0.2, -0.15) is 0 Å². The molecule has 0 spiro atoms. The third-order valence-electron chi connectivity index (χ3n) is 3.02. The van der Waals surface area contributed by atoms with Gasteiger partial charge in [0.2, 0.25) is 0 Å². The van der Waals surface area contributed by atoms with E-state index in [0.717, 1.165) is 24.3 Å². The van der Waals surface area contributed by atoms with Gasteiger partial charge >= 0.3 is 7.15 Å². The first kappa shape index (κ1) is 15.0. The van der Waals surface area contributed by atoms with Crippen LogP contribution in [0, 0.1) is 0 Å².